The Balaban J connectivity index is 3.25. The molecular weight excluding hydrogens is 154 g/mol. The first-order valence-electron chi connectivity index (χ1n) is 3.63. The number of rotatable bonds is 1. The van der Waals surface area contributed by atoms with Crippen LogP contribution < -0.4 is 0 Å². The van der Waals surface area contributed by atoms with Crippen LogP contribution in [0.4, 0.5) is 0 Å². The Morgan fingerprint density at radius 3 is 2.36 bits per heavy atom. The second-order valence-electron chi connectivity index (χ2n) is 2.66. The van der Waals surface area contributed by atoms with E-state index in [4.69, 9.17) is 0 Å². The van der Waals surface area contributed by atoms with Crippen molar-refractivity contribution in [2.75, 3.05) is 6.26 Å². The van der Waals surface area contributed by atoms with Crippen LogP contribution in [-0.4, -0.2) is 11.2 Å². The van der Waals surface area contributed by atoms with E-state index in [1.165, 1.54) is 16.0 Å². The number of thioether (sulfide) groups is 1. The second-order valence-corrected chi connectivity index (χ2v) is 3.51. The summed E-state index contributed by atoms with van der Waals surface area (Å²) >= 11 is 1.76. The molecule has 0 unspecified atom stereocenters. The minimum absolute atomic E-state index is 1.14. The van der Waals surface area contributed by atoms with E-state index in [0.29, 0.717) is 0 Å². The Hall–Kier alpha value is -0.500. The van der Waals surface area contributed by atoms with Gasteiger partial charge in [-0.05, 0) is 38.2 Å². The fourth-order valence-corrected chi connectivity index (χ4v) is 1.63. The molecule has 11 heavy (non-hydrogen) atoms. The van der Waals surface area contributed by atoms with E-state index in [1.807, 2.05) is 13.1 Å². The number of aromatic nitrogens is 1. The van der Waals surface area contributed by atoms with E-state index >= 15 is 0 Å². The third-order valence-electron chi connectivity index (χ3n) is 2.07. The first-order chi connectivity index (χ1) is 5.16. The van der Waals surface area contributed by atoms with Gasteiger partial charge in [-0.1, -0.05) is 0 Å². The monoisotopic (exact) mass is 167 g/mol. The van der Waals surface area contributed by atoms with E-state index in [0.717, 1.165) is 5.69 Å². The zero-order valence-corrected chi connectivity index (χ0v) is 8.25. The molecule has 0 aliphatic carbocycles. The van der Waals surface area contributed by atoms with Gasteiger partial charge in [0.25, 0.3) is 0 Å². The lowest BCUT2D eigenvalue weighted by Gasteiger charge is -2.06. The molecule has 0 saturated heterocycles. The summed E-state index contributed by atoms with van der Waals surface area (Å²) in [6.45, 7) is 6.32. The average molecular weight is 167 g/mol. The molecule has 0 bridgehead atoms. The molecule has 0 fully saturated rings. The molecule has 0 aromatic carbocycles. The predicted molar refractivity (Wildman–Crippen MR) is 50.2 cm³/mol. The third kappa shape index (κ3) is 1.56. The molecule has 0 atom stereocenters. The number of hydrogen-bond acceptors (Lipinski definition) is 2. The molecule has 0 spiro atoms. The third-order valence-corrected chi connectivity index (χ3v) is 2.92. The maximum Gasteiger partial charge on any atom is 0.0409 e. The van der Waals surface area contributed by atoms with Crippen molar-refractivity contribution in [1.29, 1.82) is 0 Å². The van der Waals surface area contributed by atoms with Crippen molar-refractivity contribution in [3.63, 3.8) is 0 Å². The van der Waals surface area contributed by atoms with Crippen molar-refractivity contribution in [2.45, 2.75) is 25.7 Å². The number of nitrogens with zero attached hydrogens (tertiary/aromatic N) is 1. The van der Waals surface area contributed by atoms with Crippen molar-refractivity contribution in [3.8, 4) is 0 Å². The summed E-state index contributed by atoms with van der Waals surface area (Å²) < 4.78 is 0. The molecule has 60 valence electrons. The molecule has 1 aromatic rings. The molecule has 0 saturated carbocycles. The predicted octanol–water partition coefficient (Wildman–Crippen LogP) is 2.73. The van der Waals surface area contributed by atoms with Crippen LogP contribution >= 0.6 is 11.8 Å². The summed E-state index contributed by atoms with van der Waals surface area (Å²) in [7, 11) is 0. The maximum atomic E-state index is 4.29. The average Bonchev–Trinajstić information content (AvgIpc) is 2.01. The van der Waals surface area contributed by atoms with Gasteiger partial charge in [-0.2, -0.15) is 0 Å². The Labute approximate surface area is 72.2 Å². The molecule has 0 aliphatic rings. The van der Waals surface area contributed by atoms with Crippen molar-refractivity contribution in [2.24, 2.45) is 0 Å². The Kier molecular flexibility index (Phi) is 2.55. The minimum atomic E-state index is 1.14. The van der Waals surface area contributed by atoms with Crippen LogP contribution in [0.1, 0.15) is 16.8 Å². The smallest absolute Gasteiger partial charge is 0.0409 e. The van der Waals surface area contributed by atoms with Gasteiger partial charge in [-0.3, -0.25) is 4.98 Å². The topological polar surface area (TPSA) is 12.9 Å². The van der Waals surface area contributed by atoms with E-state index in [1.54, 1.807) is 11.8 Å². The molecule has 1 aromatic heterocycles. The summed E-state index contributed by atoms with van der Waals surface area (Å²) in [5, 5.41) is 0. The van der Waals surface area contributed by atoms with Crippen LogP contribution in [0.3, 0.4) is 0 Å². The van der Waals surface area contributed by atoms with Gasteiger partial charge < -0.3 is 0 Å². The lowest BCUT2D eigenvalue weighted by atomic mass is 10.1. The van der Waals surface area contributed by atoms with Crippen molar-refractivity contribution < 1.29 is 0 Å². The highest BCUT2D eigenvalue weighted by Crippen LogP contribution is 2.22. The van der Waals surface area contributed by atoms with Gasteiger partial charge in [0.1, 0.15) is 0 Å². The first kappa shape index (κ1) is 8.60. The summed E-state index contributed by atoms with van der Waals surface area (Å²) in [5.74, 6) is 0. The molecule has 0 amide bonds. The Morgan fingerprint density at radius 2 is 1.82 bits per heavy atom. The molecule has 0 radical (unpaired) electrons. The number of pyridine rings is 1. The second kappa shape index (κ2) is 3.26. The van der Waals surface area contributed by atoms with Gasteiger partial charge >= 0.3 is 0 Å². The largest absolute Gasteiger partial charge is 0.260 e. The highest BCUT2D eigenvalue weighted by Gasteiger charge is 2.02. The lowest BCUT2D eigenvalue weighted by molar-refractivity contribution is 1.06. The summed E-state index contributed by atoms with van der Waals surface area (Å²) in [4.78, 5) is 5.57. The SMILES string of the molecule is CSc1cnc(C)c(C)c1C. The highest BCUT2D eigenvalue weighted by molar-refractivity contribution is 7.98. The van der Waals surface area contributed by atoms with Crippen LogP contribution in [0.25, 0.3) is 0 Å². The first-order valence-corrected chi connectivity index (χ1v) is 4.86. The van der Waals surface area contributed by atoms with Crippen molar-refractivity contribution in [3.05, 3.63) is 23.0 Å². The zero-order chi connectivity index (χ0) is 8.43. The molecule has 1 nitrogen and oxygen atoms in total. The van der Waals surface area contributed by atoms with Gasteiger partial charge in [0.2, 0.25) is 0 Å². The quantitative estimate of drug-likeness (QED) is 0.596. The zero-order valence-electron chi connectivity index (χ0n) is 7.43. The van der Waals surface area contributed by atoms with Gasteiger partial charge in [0, 0.05) is 16.8 Å². The molecule has 0 N–H and O–H groups in total. The molecule has 0 aliphatic heterocycles. The normalized spacial score (nSPS) is 10.2. The van der Waals surface area contributed by atoms with Crippen LogP contribution in [0.15, 0.2) is 11.1 Å². The standard InChI is InChI=1S/C9H13NS/c1-6-7(2)9(11-4)5-10-8(6)3/h5H,1-4H3. The van der Waals surface area contributed by atoms with Gasteiger partial charge in [0.15, 0.2) is 0 Å². The van der Waals surface area contributed by atoms with E-state index < -0.39 is 0 Å². The molecule has 1 heterocycles. The Morgan fingerprint density at radius 1 is 1.18 bits per heavy atom. The molecule has 2 heteroatoms. The van der Waals surface area contributed by atoms with Crippen LogP contribution in [0.2, 0.25) is 0 Å². The van der Waals surface area contributed by atoms with Gasteiger partial charge in [0.05, 0.1) is 0 Å². The van der Waals surface area contributed by atoms with E-state index in [2.05, 4.69) is 25.1 Å². The maximum absolute atomic E-state index is 4.29. The minimum Gasteiger partial charge on any atom is -0.260 e. The molecular formula is C9H13NS. The van der Waals surface area contributed by atoms with Crippen molar-refractivity contribution >= 4 is 11.8 Å². The highest BCUT2D eigenvalue weighted by atomic mass is 32.2. The number of aryl methyl sites for hydroxylation is 1. The van der Waals surface area contributed by atoms with Crippen LogP contribution in [-0.2, 0) is 0 Å². The summed E-state index contributed by atoms with van der Waals surface area (Å²) in [5.41, 5.74) is 3.82. The molecule has 1 rings (SSSR count). The summed E-state index contributed by atoms with van der Waals surface area (Å²) in [6, 6.07) is 0. The van der Waals surface area contributed by atoms with E-state index in [-0.39, 0.29) is 0 Å². The van der Waals surface area contributed by atoms with Gasteiger partial charge in [-0.25, -0.2) is 0 Å². The fourth-order valence-electron chi connectivity index (χ4n) is 1.01. The van der Waals surface area contributed by atoms with Gasteiger partial charge in [-0.15, -0.1) is 11.8 Å². The van der Waals surface area contributed by atoms with Crippen LogP contribution in [0.5, 0.6) is 0 Å². The summed E-state index contributed by atoms with van der Waals surface area (Å²) in [6.07, 6.45) is 4.03. The van der Waals surface area contributed by atoms with Crippen molar-refractivity contribution in [1.82, 2.24) is 4.98 Å². The number of hydrogen-bond donors (Lipinski definition) is 0. The van der Waals surface area contributed by atoms with E-state index in [9.17, 15) is 0 Å². The van der Waals surface area contributed by atoms with Crippen LogP contribution in [0, 0.1) is 20.8 Å². The Bertz CT molecular complexity index is 269. The lowest BCUT2D eigenvalue weighted by Crippen LogP contribution is -1.92. The fraction of sp³-hybridized carbons (Fsp3) is 0.444.